The van der Waals surface area contributed by atoms with E-state index in [4.69, 9.17) is 9.47 Å². The second-order valence-electron chi connectivity index (χ2n) is 6.04. The molecule has 1 aromatic rings. The van der Waals surface area contributed by atoms with Crippen molar-refractivity contribution in [2.75, 3.05) is 13.2 Å². The summed E-state index contributed by atoms with van der Waals surface area (Å²) in [5.41, 5.74) is -0.435. The van der Waals surface area contributed by atoms with E-state index in [1.165, 1.54) is 0 Å². The van der Waals surface area contributed by atoms with Crippen molar-refractivity contribution < 1.29 is 24.2 Å². The summed E-state index contributed by atoms with van der Waals surface area (Å²) in [6.45, 7) is 4.54. The first-order valence-corrected chi connectivity index (χ1v) is 7.79. The largest absolute Gasteiger partial charge is 0.491 e. The third-order valence-corrected chi connectivity index (χ3v) is 3.77. The van der Waals surface area contributed by atoms with Gasteiger partial charge < -0.3 is 19.9 Å². The van der Waals surface area contributed by atoms with Gasteiger partial charge in [-0.05, 0) is 31.5 Å². The van der Waals surface area contributed by atoms with E-state index in [0.717, 1.165) is 5.56 Å². The molecule has 0 aliphatic carbocycles. The van der Waals surface area contributed by atoms with Crippen LogP contribution >= 0.6 is 0 Å². The first-order chi connectivity index (χ1) is 10.9. The summed E-state index contributed by atoms with van der Waals surface area (Å²) in [5.74, 6) is -0.619. The summed E-state index contributed by atoms with van der Waals surface area (Å²) < 4.78 is 10.8. The molecule has 1 fully saturated rings. The number of ether oxygens (including phenoxy) is 2. The molecule has 1 saturated heterocycles. The zero-order valence-electron chi connectivity index (χ0n) is 13.5. The van der Waals surface area contributed by atoms with Gasteiger partial charge in [-0.25, -0.2) is 4.79 Å². The van der Waals surface area contributed by atoms with Crippen molar-refractivity contribution in [2.24, 2.45) is 0 Å². The Labute approximate surface area is 135 Å². The van der Waals surface area contributed by atoms with Crippen molar-refractivity contribution in [3.05, 3.63) is 29.8 Å². The third-order valence-electron chi connectivity index (χ3n) is 3.77. The summed E-state index contributed by atoms with van der Waals surface area (Å²) in [4.78, 5) is 23.8. The van der Waals surface area contributed by atoms with E-state index < -0.39 is 11.5 Å². The standard InChI is InChI=1S/C17H23NO5/c1-12(2)23-14-5-3-4-13(10-14)11-15(19)18-17(16(20)21)6-8-22-9-7-17/h3-5,10,12H,6-9,11H2,1-2H3,(H,18,19)(H,20,21). The van der Waals surface area contributed by atoms with Crippen molar-refractivity contribution in [3.8, 4) is 5.75 Å². The number of aliphatic carboxylic acids is 1. The molecule has 2 rings (SSSR count). The first-order valence-electron chi connectivity index (χ1n) is 7.79. The average Bonchev–Trinajstić information content (AvgIpc) is 2.47. The maximum Gasteiger partial charge on any atom is 0.329 e. The van der Waals surface area contributed by atoms with Gasteiger partial charge in [-0.1, -0.05) is 12.1 Å². The SMILES string of the molecule is CC(C)Oc1cccc(CC(=O)NC2(C(=O)O)CCOCC2)c1. The molecule has 126 valence electrons. The highest BCUT2D eigenvalue weighted by atomic mass is 16.5. The average molecular weight is 321 g/mol. The molecule has 0 aromatic heterocycles. The molecule has 0 bridgehead atoms. The van der Waals surface area contributed by atoms with Gasteiger partial charge in [0.05, 0.1) is 12.5 Å². The molecule has 6 heteroatoms. The number of carboxylic acid groups (broad SMARTS) is 1. The molecule has 0 radical (unpaired) electrons. The predicted molar refractivity (Wildman–Crippen MR) is 84.5 cm³/mol. The maximum atomic E-state index is 12.3. The fraction of sp³-hybridized carbons (Fsp3) is 0.529. The van der Waals surface area contributed by atoms with E-state index in [2.05, 4.69) is 5.32 Å². The van der Waals surface area contributed by atoms with Crippen LogP contribution in [0.5, 0.6) is 5.75 Å². The van der Waals surface area contributed by atoms with Crippen LogP contribution in [0.2, 0.25) is 0 Å². The summed E-state index contributed by atoms with van der Waals surface area (Å²) in [6.07, 6.45) is 0.733. The zero-order chi connectivity index (χ0) is 16.9. The fourth-order valence-corrected chi connectivity index (χ4v) is 2.61. The number of carbonyl (C=O) groups excluding carboxylic acids is 1. The molecule has 1 heterocycles. The monoisotopic (exact) mass is 321 g/mol. The van der Waals surface area contributed by atoms with Gasteiger partial charge >= 0.3 is 5.97 Å². The third kappa shape index (κ3) is 4.69. The van der Waals surface area contributed by atoms with Gasteiger partial charge in [0.2, 0.25) is 5.91 Å². The number of rotatable bonds is 6. The van der Waals surface area contributed by atoms with Crippen molar-refractivity contribution >= 4 is 11.9 Å². The molecule has 2 N–H and O–H groups in total. The van der Waals surface area contributed by atoms with Crippen LogP contribution in [-0.2, 0) is 20.7 Å². The van der Waals surface area contributed by atoms with Crippen LogP contribution in [0.25, 0.3) is 0 Å². The predicted octanol–water partition coefficient (Wildman–Crippen LogP) is 1.77. The lowest BCUT2D eigenvalue weighted by molar-refractivity contribution is -0.152. The number of carboxylic acids is 1. The summed E-state index contributed by atoms with van der Waals surface area (Å²) in [5, 5.41) is 12.1. The van der Waals surface area contributed by atoms with Gasteiger partial charge in [-0.3, -0.25) is 4.79 Å². The highest BCUT2D eigenvalue weighted by Crippen LogP contribution is 2.22. The molecule has 0 atom stereocenters. The van der Waals surface area contributed by atoms with Crippen LogP contribution in [0, 0.1) is 0 Å². The van der Waals surface area contributed by atoms with Crippen LogP contribution in [0.3, 0.4) is 0 Å². The van der Waals surface area contributed by atoms with Crippen LogP contribution in [-0.4, -0.2) is 41.8 Å². The number of hydrogen-bond donors (Lipinski definition) is 2. The lowest BCUT2D eigenvalue weighted by Crippen LogP contribution is -2.57. The van der Waals surface area contributed by atoms with Gasteiger partial charge in [0.1, 0.15) is 11.3 Å². The van der Waals surface area contributed by atoms with Gasteiger partial charge in [0.25, 0.3) is 0 Å². The van der Waals surface area contributed by atoms with Crippen molar-refractivity contribution in [2.45, 2.75) is 44.8 Å². The smallest absolute Gasteiger partial charge is 0.329 e. The van der Waals surface area contributed by atoms with E-state index >= 15 is 0 Å². The molecule has 1 aromatic carbocycles. The van der Waals surface area contributed by atoms with Crippen molar-refractivity contribution in [1.29, 1.82) is 0 Å². The van der Waals surface area contributed by atoms with Gasteiger partial charge in [-0.2, -0.15) is 0 Å². The number of carbonyl (C=O) groups is 2. The van der Waals surface area contributed by atoms with E-state index in [-0.39, 0.29) is 31.3 Å². The van der Waals surface area contributed by atoms with E-state index in [1.807, 2.05) is 32.0 Å². The first kappa shape index (κ1) is 17.3. The molecule has 1 amide bonds. The Kier molecular flexibility index (Phi) is 5.60. The van der Waals surface area contributed by atoms with Crippen LogP contribution in [0.1, 0.15) is 32.3 Å². The normalized spacial score (nSPS) is 16.8. The van der Waals surface area contributed by atoms with Gasteiger partial charge in [0.15, 0.2) is 0 Å². The molecule has 1 aliphatic rings. The molecule has 0 saturated carbocycles. The number of hydrogen-bond acceptors (Lipinski definition) is 4. The van der Waals surface area contributed by atoms with Crippen molar-refractivity contribution in [1.82, 2.24) is 5.32 Å². The number of amides is 1. The topological polar surface area (TPSA) is 84.9 Å². The Morgan fingerprint density at radius 1 is 1.35 bits per heavy atom. The molecular formula is C17H23NO5. The Balaban J connectivity index is 2.02. The Morgan fingerprint density at radius 2 is 2.04 bits per heavy atom. The minimum atomic E-state index is -1.22. The molecule has 0 spiro atoms. The lowest BCUT2D eigenvalue weighted by Gasteiger charge is -2.33. The van der Waals surface area contributed by atoms with Crippen LogP contribution < -0.4 is 10.1 Å². The van der Waals surface area contributed by atoms with E-state index in [9.17, 15) is 14.7 Å². The van der Waals surface area contributed by atoms with Gasteiger partial charge in [0, 0.05) is 26.1 Å². The molecule has 1 aliphatic heterocycles. The van der Waals surface area contributed by atoms with Crippen LogP contribution in [0.15, 0.2) is 24.3 Å². The second kappa shape index (κ2) is 7.46. The van der Waals surface area contributed by atoms with Gasteiger partial charge in [-0.15, -0.1) is 0 Å². The maximum absolute atomic E-state index is 12.3. The molecule has 0 unspecified atom stereocenters. The Hall–Kier alpha value is -2.08. The number of nitrogens with one attached hydrogen (secondary N) is 1. The van der Waals surface area contributed by atoms with Crippen LogP contribution in [0.4, 0.5) is 0 Å². The van der Waals surface area contributed by atoms with Crippen molar-refractivity contribution in [3.63, 3.8) is 0 Å². The minimum Gasteiger partial charge on any atom is -0.491 e. The summed E-state index contributed by atoms with van der Waals surface area (Å²) >= 11 is 0. The summed E-state index contributed by atoms with van der Waals surface area (Å²) in [7, 11) is 0. The zero-order valence-corrected chi connectivity index (χ0v) is 13.5. The van der Waals surface area contributed by atoms with E-state index in [1.54, 1.807) is 6.07 Å². The number of benzene rings is 1. The quantitative estimate of drug-likeness (QED) is 0.834. The molecule has 23 heavy (non-hydrogen) atoms. The Morgan fingerprint density at radius 3 is 2.65 bits per heavy atom. The molecule has 6 nitrogen and oxygen atoms in total. The lowest BCUT2D eigenvalue weighted by atomic mass is 9.90. The molecular weight excluding hydrogens is 298 g/mol. The fourth-order valence-electron chi connectivity index (χ4n) is 2.61. The highest BCUT2D eigenvalue weighted by molar-refractivity contribution is 5.88. The second-order valence-corrected chi connectivity index (χ2v) is 6.04. The van der Waals surface area contributed by atoms with E-state index in [0.29, 0.717) is 19.0 Å². The highest BCUT2D eigenvalue weighted by Gasteiger charge is 2.41. The summed E-state index contributed by atoms with van der Waals surface area (Å²) in [6, 6.07) is 7.28. The minimum absolute atomic E-state index is 0.0524. The Bertz CT molecular complexity index is 564.